The molecule has 1 heterocycles. The van der Waals surface area contributed by atoms with Gasteiger partial charge in [-0.25, -0.2) is 0 Å². The van der Waals surface area contributed by atoms with Crippen molar-refractivity contribution in [1.82, 2.24) is 0 Å². The number of carbonyl (C=O) groups excluding carboxylic acids is 1. The lowest BCUT2D eigenvalue weighted by molar-refractivity contribution is -0.137. The number of hydrogen-bond donors (Lipinski definition) is 0. The number of nitriles is 1. The summed E-state index contributed by atoms with van der Waals surface area (Å²) in [6.07, 6.45) is -3.94. The first-order valence-electron chi connectivity index (χ1n) is 5.41. The molecule has 1 aliphatic rings. The van der Waals surface area contributed by atoms with Gasteiger partial charge in [0.15, 0.2) is 0 Å². The topological polar surface area (TPSA) is 44.1 Å². The molecule has 3 nitrogen and oxygen atoms in total. The number of amides is 1. The molecule has 1 aliphatic heterocycles. The van der Waals surface area contributed by atoms with Gasteiger partial charge in [-0.15, -0.1) is 0 Å². The molecule has 0 radical (unpaired) electrons. The third-order valence-electron chi connectivity index (χ3n) is 2.88. The molecule has 1 saturated heterocycles. The van der Waals surface area contributed by atoms with Gasteiger partial charge in [-0.3, -0.25) is 4.79 Å². The Labute approximate surface area is 115 Å². The SMILES string of the molecule is N#Cc1cc(C(F)(F)F)ccc1N1CCC(Br)C1=O. The maximum Gasteiger partial charge on any atom is 0.416 e. The van der Waals surface area contributed by atoms with Gasteiger partial charge in [0.2, 0.25) is 5.91 Å². The van der Waals surface area contributed by atoms with Gasteiger partial charge < -0.3 is 4.90 Å². The van der Waals surface area contributed by atoms with Crippen molar-refractivity contribution >= 4 is 27.5 Å². The molecule has 0 N–H and O–H groups in total. The van der Waals surface area contributed by atoms with Gasteiger partial charge in [-0.1, -0.05) is 15.9 Å². The van der Waals surface area contributed by atoms with Crippen LogP contribution in [0.3, 0.4) is 0 Å². The van der Waals surface area contributed by atoms with Gasteiger partial charge in [0.25, 0.3) is 0 Å². The van der Waals surface area contributed by atoms with Crippen molar-refractivity contribution in [2.75, 3.05) is 11.4 Å². The third-order valence-corrected chi connectivity index (χ3v) is 3.72. The minimum absolute atomic E-state index is 0.148. The molecule has 1 unspecified atom stereocenters. The number of nitrogens with zero attached hydrogens (tertiary/aromatic N) is 2. The van der Waals surface area contributed by atoms with Crippen molar-refractivity contribution in [2.45, 2.75) is 17.4 Å². The zero-order valence-electron chi connectivity index (χ0n) is 9.54. The molecule has 0 saturated carbocycles. The van der Waals surface area contributed by atoms with Crippen LogP contribution in [-0.2, 0) is 11.0 Å². The second kappa shape index (κ2) is 4.85. The highest BCUT2D eigenvalue weighted by Gasteiger charge is 2.34. The van der Waals surface area contributed by atoms with Crippen molar-refractivity contribution in [1.29, 1.82) is 5.26 Å². The summed E-state index contributed by atoms with van der Waals surface area (Å²) in [5, 5.41) is 8.95. The largest absolute Gasteiger partial charge is 0.416 e. The van der Waals surface area contributed by atoms with Crippen molar-refractivity contribution in [3.63, 3.8) is 0 Å². The van der Waals surface area contributed by atoms with Crippen LogP contribution in [0.15, 0.2) is 18.2 Å². The standard InChI is InChI=1S/C12H8BrF3N2O/c13-9-3-4-18(11(9)19)10-2-1-8(12(14,15)16)5-7(10)6-17/h1-2,5,9H,3-4H2. The fourth-order valence-corrected chi connectivity index (χ4v) is 2.37. The maximum atomic E-state index is 12.6. The minimum atomic E-state index is -4.50. The highest BCUT2D eigenvalue weighted by Crippen LogP contribution is 2.34. The number of rotatable bonds is 1. The molecule has 1 aromatic carbocycles. The zero-order valence-corrected chi connectivity index (χ0v) is 11.1. The van der Waals surface area contributed by atoms with Crippen molar-refractivity contribution in [2.24, 2.45) is 0 Å². The van der Waals surface area contributed by atoms with Gasteiger partial charge in [0.05, 0.1) is 21.6 Å². The van der Waals surface area contributed by atoms with Crippen molar-refractivity contribution in [3.05, 3.63) is 29.3 Å². The first-order valence-corrected chi connectivity index (χ1v) is 6.33. The van der Waals surface area contributed by atoms with E-state index in [1.165, 1.54) is 11.0 Å². The first kappa shape index (κ1) is 13.9. The van der Waals surface area contributed by atoms with E-state index in [-0.39, 0.29) is 22.0 Å². The van der Waals surface area contributed by atoms with Gasteiger partial charge >= 0.3 is 6.18 Å². The molecule has 0 bridgehead atoms. The molecule has 1 amide bonds. The predicted octanol–water partition coefficient (Wildman–Crippen LogP) is 3.08. The Morgan fingerprint density at radius 1 is 1.42 bits per heavy atom. The highest BCUT2D eigenvalue weighted by atomic mass is 79.9. The van der Waals surface area contributed by atoms with E-state index < -0.39 is 11.7 Å². The molecule has 0 aliphatic carbocycles. The summed E-state index contributed by atoms with van der Waals surface area (Å²) in [7, 11) is 0. The first-order chi connectivity index (χ1) is 8.84. The van der Waals surface area contributed by atoms with E-state index in [0.717, 1.165) is 12.1 Å². The quantitative estimate of drug-likeness (QED) is 0.742. The number of alkyl halides is 4. The maximum absolute atomic E-state index is 12.6. The van der Waals surface area contributed by atoms with E-state index in [1.54, 1.807) is 6.07 Å². The lowest BCUT2D eigenvalue weighted by atomic mass is 10.1. The Morgan fingerprint density at radius 2 is 2.11 bits per heavy atom. The second-order valence-corrected chi connectivity index (χ2v) is 5.19. The monoisotopic (exact) mass is 332 g/mol. The average Bonchev–Trinajstić information content (AvgIpc) is 2.68. The number of carbonyl (C=O) groups is 1. The Kier molecular flexibility index (Phi) is 3.54. The summed E-state index contributed by atoms with van der Waals surface area (Å²) in [6, 6.07) is 4.53. The van der Waals surface area contributed by atoms with Gasteiger partial charge in [-0.05, 0) is 24.6 Å². The molecular formula is C12H8BrF3N2O. The van der Waals surface area contributed by atoms with E-state index in [1.807, 2.05) is 0 Å². The van der Waals surface area contributed by atoms with E-state index in [9.17, 15) is 18.0 Å². The third kappa shape index (κ3) is 2.59. The lowest BCUT2D eigenvalue weighted by Crippen LogP contribution is -2.28. The van der Waals surface area contributed by atoms with Crippen LogP contribution in [0.25, 0.3) is 0 Å². The Balaban J connectivity index is 2.43. The van der Waals surface area contributed by atoms with E-state index in [2.05, 4.69) is 15.9 Å². The molecular weight excluding hydrogens is 325 g/mol. The number of halogens is 4. The summed E-state index contributed by atoms with van der Waals surface area (Å²) in [5.74, 6) is -0.240. The predicted molar refractivity (Wildman–Crippen MR) is 65.8 cm³/mol. The van der Waals surface area contributed by atoms with E-state index in [0.29, 0.717) is 13.0 Å². The summed E-state index contributed by atoms with van der Waals surface area (Å²) in [6.45, 7) is 0.384. The summed E-state index contributed by atoms with van der Waals surface area (Å²) in [4.78, 5) is 12.8. The molecule has 2 rings (SSSR count). The van der Waals surface area contributed by atoms with Gasteiger partial charge in [0, 0.05) is 6.54 Å². The Bertz CT molecular complexity index is 565. The van der Waals surface area contributed by atoms with Crippen LogP contribution in [-0.4, -0.2) is 17.3 Å². The molecule has 0 aromatic heterocycles. The molecule has 19 heavy (non-hydrogen) atoms. The van der Waals surface area contributed by atoms with Gasteiger partial charge in [0.1, 0.15) is 6.07 Å². The van der Waals surface area contributed by atoms with Crippen LogP contribution in [0.2, 0.25) is 0 Å². The van der Waals surface area contributed by atoms with Crippen LogP contribution in [0.5, 0.6) is 0 Å². The second-order valence-electron chi connectivity index (χ2n) is 4.09. The highest BCUT2D eigenvalue weighted by molar-refractivity contribution is 9.10. The van der Waals surface area contributed by atoms with E-state index >= 15 is 0 Å². The van der Waals surface area contributed by atoms with Crippen LogP contribution in [0, 0.1) is 11.3 Å². The normalized spacial score (nSPS) is 19.6. The number of hydrogen-bond acceptors (Lipinski definition) is 2. The van der Waals surface area contributed by atoms with Crippen LogP contribution in [0.4, 0.5) is 18.9 Å². The summed E-state index contributed by atoms with van der Waals surface area (Å²) >= 11 is 3.18. The smallest absolute Gasteiger partial charge is 0.310 e. The van der Waals surface area contributed by atoms with E-state index in [4.69, 9.17) is 5.26 Å². The van der Waals surface area contributed by atoms with Crippen LogP contribution < -0.4 is 4.90 Å². The van der Waals surface area contributed by atoms with Crippen LogP contribution >= 0.6 is 15.9 Å². The van der Waals surface area contributed by atoms with Gasteiger partial charge in [-0.2, -0.15) is 18.4 Å². The Morgan fingerprint density at radius 3 is 2.58 bits per heavy atom. The zero-order chi connectivity index (χ0) is 14.2. The fourth-order valence-electron chi connectivity index (χ4n) is 1.92. The molecule has 7 heteroatoms. The molecule has 100 valence electrons. The fraction of sp³-hybridized carbons (Fsp3) is 0.333. The Hall–Kier alpha value is -1.55. The van der Waals surface area contributed by atoms with Crippen molar-refractivity contribution in [3.8, 4) is 6.07 Å². The lowest BCUT2D eigenvalue weighted by Gasteiger charge is -2.18. The number of anilines is 1. The molecule has 0 spiro atoms. The number of benzene rings is 1. The summed E-state index contributed by atoms with van der Waals surface area (Å²) in [5.41, 5.74) is -0.818. The van der Waals surface area contributed by atoms with Crippen molar-refractivity contribution < 1.29 is 18.0 Å². The molecule has 1 aromatic rings. The molecule has 1 fully saturated rings. The van der Waals surface area contributed by atoms with Crippen LogP contribution in [0.1, 0.15) is 17.5 Å². The minimum Gasteiger partial charge on any atom is -0.310 e. The summed E-state index contributed by atoms with van der Waals surface area (Å²) < 4.78 is 37.7. The average molecular weight is 333 g/mol. The molecule has 1 atom stereocenters.